The smallest absolute Gasteiger partial charge is 0.363 e. The number of hydrogen-bond acceptors (Lipinski definition) is 6. The lowest BCUT2D eigenvalue weighted by Crippen LogP contribution is -2.30. The second kappa shape index (κ2) is 8.22. The van der Waals surface area contributed by atoms with Gasteiger partial charge in [-0.05, 0) is 55.7 Å². The first kappa shape index (κ1) is 19.3. The third-order valence-corrected chi connectivity index (χ3v) is 5.62. The van der Waals surface area contributed by atoms with Crippen LogP contribution in [-0.4, -0.2) is 37.1 Å². The number of nitrogens with zero attached hydrogens (tertiary/aromatic N) is 3. The van der Waals surface area contributed by atoms with Gasteiger partial charge in [-0.25, -0.2) is 14.8 Å². The number of piperidine rings is 1. The van der Waals surface area contributed by atoms with Crippen molar-refractivity contribution in [2.24, 2.45) is 4.99 Å². The number of methoxy groups -OCH3 is 1. The zero-order valence-electron chi connectivity index (χ0n) is 17.4. The minimum absolute atomic E-state index is 0.284. The van der Waals surface area contributed by atoms with Crippen LogP contribution in [0.4, 0.5) is 5.82 Å². The Hall–Kier alpha value is -3.67. The largest absolute Gasteiger partial charge is 0.497 e. The van der Waals surface area contributed by atoms with Crippen molar-refractivity contribution in [3.05, 3.63) is 71.4 Å². The van der Waals surface area contributed by atoms with Gasteiger partial charge in [-0.3, -0.25) is 0 Å². The quantitative estimate of drug-likeness (QED) is 0.463. The third-order valence-electron chi connectivity index (χ3n) is 5.62. The molecule has 0 atom stereocenters. The van der Waals surface area contributed by atoms with Crippen molar-refractivity contribution in [1.29, 1.82) is 0 Å². The SMILES string of the molecule is COc1ccc2cc(/C=C3\N=C(c4ccccc4)OC3=O)c(N3CCCCC3)nc2c1. The Kier molecular flexibility index (Phi) is 5.12. The van der Waals surface area contributed by atoms with Crippen molar-refractivity contribution in [3.63, 3.8) is 0 Å². The van der Waals surface area contributed by atoms with Crippen LogP contribution < -0.4 is 9.64 Å². The number of pyridine rings is 1. The van der Waals surface area contributed by atoms with Crippen LogP contribution in [-0.2, 0) is 9.53 Å². The topological polar surface area (TPSA) is 64.0 Å². The summed E-state index contributed by atoms with van der Waals surface area (Å²) in [6.45, 7) is 1.89. The number of hydrogen-bond donors (Lipinski definition) is 0. The number of cyclic esters (lactones) is 1. The molecule has 0 spiro atoms. The lowest BCUT2D eigenvalue weighted by atomic mass is 10.1. The molecule has 0 aliphatic carbocycles. The van der Waals surface area contributed by atoms with Gasteiger partial charge in [-0.2, -0.15) is 0 Å². The molecular formula is C25H23N3O3. The van der Waals surface area contributed by atoms with Crippen molar-refractivity contribution in [2.75, 3.05) is 25.1 Å². The summed E-state index contributed by atoms with van der Waals surface area (Å²) in [5.74, 6) is 1.52. The summed E-state index contributed by atoms with van der Waals surface area (Å²) in [4.78, 5) is 24.3. The predicted octanol–water partition coefficient (Wildman–Crippen LogP) is 4.58. The number of ether oxygens (including phenoxy) is 2. The van der Waals surface area contributed by atoms with E-state index in [1.165, 1.54) is 6.42 Å². The van der Waals surface area contributed by atoms with Gasteiger partial charge < -0.3 is 14.4 Å². The monoisotopic (exact) mass is 413 g/mol. The Morgan fingerprint density at radius 2 is 1.84 bits per heavy atom. The Labute approximate surface area is 180 Å². The molecule has 0 N–H and O–H groups in total. The number of rotatable bonds is 4. The highest BCUT2D eigenvalue weighted by Crippen LogP contribution is 2.31. The Morgan fingerprint density at radius 3 is 2.61 bits per heavy atom. The molecule has 1 saturated heterocycles. The molecule has 1 fully saturated rings. The van der Waals surface area contributed by atoms with Crippen molar-refractivity contribution in [2.45, 2.75) is 19.3 Å². The van der Waals surface area contributed by atoms with E-state index in [0.717, 1.165) is 59.5 Å². The molecule has 0 amide bonds. The molecule has 6 heteroatoms. The number of benzene rings is 2. The average Bonchev–Trinajstić information content (AvgIpc) is 3.19. The van der Waals surface area contributed by atoms with Crippen LogP contribution in [0, 0.1) is 0 Å². The van der Waals surface area contributed by atoms with Gasteiger partial charge in [0, 0.05) is 35.7 Å². The van der Waals surface area contributed by atoms with Crippen molar-refractivity contribution in [1.82, 2.24) is 4.98 Å². The van der Waals surface area contributed by atoms with Gasteiger partial charge in [-0.1, -0.05) is 18.2 Å². The Morgan fingerprint density at radius 1 is 1.03 bits per heavy atom. The normalized spacial score (nSPS) is 17.7. The summed E-state index contributed by atoms with van der Waals surface area (Å²) in [7, 11) is 1.65. The zero-order valence-corrected chi connectivity index (χ0v) is 17.4. The van der Waals surface area contributed by atoms with Gasteiger partial charge in [0.2, 0.25) is 5.90 Å². The number of fused-ring (bicyclic) bond motifs is 1. The van der Waals surface area contributed by atoms with E-state index in [1.54, 1.807) is 13.2 Å². The number of carbonyl (C=O) groups is 1. The maximum Gasteiger partial charge on any atom is 0.363 e. The van der Waals surface area contributed by atoms with Crippen LogP contribution in [0.1, 0.15) is 30.4 Å². The summed E-state index contributed by atoms with van der Waals surface area (Å²) in [6.07, 6.45) is 5.28. The molecule has 156 valence electrons. The number of esters is 1. The van der Waals surface area contributed by atoms with Gasteiger partial charge in [0.1, 0.15) is 11.6 Å². The molecule has 2 aromatic carbocycles. The first-order valence-corrected chi connectivity index (χ1v) is 10.5. The summed E-state index contributed by atoms with van der Waals surface area (Å²) in [5, 5.41) is 0.979. The van der Waals surface area contributed by atoms with Crippen LogP contribution in [0.2, 0.25) is 0 Å². The second-order valence-electron chi connectivity index (χ2n) is 7.71. The molecule has 6 nitrogen and oxygen atoms in total. The van der Waals surface area contributed by atoms with Gasteiger partial charge in [0.25, 0.3) is 0 Å². The van der Waals surface area contributed by atoms with Crippen LogP contribution in [0.15, 0.2) is 65.3 Å². The van der Waals surface area contributed by atoms with E-state index in [-0.39, 0.29) is 5.70 Å². The highest BCUT2D eigenvalue weighted by atomic mass is 16.6. The fraction of sp³-hybridized carbons (Fsp3) is 0.240. The molecule has 31 heavy (non-hydrogen) atoms. The summed E-state index contributed by atoms with van der Waals surface area (Å²) < 4.78 is 10.8. The lowest BCUT2D eigenvalue weighted by Gasteiger charge is -2.29. The van der Waals surface area contributed by atoms with E-state index in [2.05, 4.69) is 16.0 Å². The van der Waals surface area contributed by atoms with Crippen molar-refractivity contribution < 1.29 is 14.3 Å². The third kappa shape index (κ3) is 3.89. The van der Waals surface area contributed by atoms with E-state index >= 15 is 0 Å². The van der Waals surface area contributed by atoms with Crippen molar-refractivity contribution >= 4 is 34.7 Å². The fourth-order valence-corrected chi connectivity index (χ4v) is 4.01. The molecule has 2 aliphatic rings. The summed E-state index contributed by atoms with van der Waals surface area (Å²) in [6, 6.07) is 17.3. The van der Waals surface area contributed by atoms with Gasteiger partial charge in [-0.15, -0.1) is 0 Å². The second-order valence-corrected chi connectivity index (χ2v) is 7.71. The molecule has 2 aliphatic heterocycles. The first-order chi connectivity index (χ1) is 15.2. The van der Waals surface area contributed by atoms with E-state index in [4.69, 9.17) is 14.5 Å². The van der Waals surface area contributed by atoms with Crippen molar-refractivity contribution in [3.8, 4) is 5.75 Å². The maximum atomic E-state index is 12.5. The van der Waals surface area contributed by atoms with Crippen LogP contribution >= 0.6 is 0 Å². The number of anilines is 1. The van der Waals surface area contributed by atoms with Gasteiger partial charge in [0.15, 0.2) is 5.70 Å². The lowest BCUT2D eigenvalue weighted by molar-refractivity contribution is -0.129. The fourth-order valence-electron chi connectivity index (χ4n) is 4.01. The van der Waals surface area contributed by atoms with E-state index in [9.17, 15) is 4.79 Å². The number of carbonyl (C=O) groups excluding carboxylic acids is 1. The Bertz CT molecular complexity index is 1200. The number of aliphatic imine (C=N–C) groups is 1. The van der Waals surface area contributed by atoms with Gasteiger partial charge >= 0.3 is 5.97 Å². The Balaban J connectivity index is 1.60. The average molecular weight is 413 g/mol. The van der Waals surface area contributed by atoms with E-state index < -0.39 is 5.97 Å². The summed E-state index contributed by atoms with van der Waals surface area (Å²) >= 11 is 0. The predicted molar refractivity (Wildman–Crippen MR) is 121 cm³/mol. The molecule has 1 aromatic heterocycles. The van der Waals surface area contributed by atoms with Crippen LogP contribution in [0.5, 0.6) is 5.75 Å². The molecule has 5 rings (SSSR count). The molecule has 0 unspecified atom stereocenters. The molecule has 0 radical (unpaired) electrons. The summed E-state index contributed by atoms with van der Waals surface area (Å²) in [5.41, 5.74) is 2.79. The highest BCUT2D eigenvalue weighted by molar-refractivity contribution is 6.13. The van der Waals surface area contributed by atoms with Crippen LogP contribution in [0.25, 0.3) is 17.0 Å². The molecule has 3 heterocycles. The number of aromatic nitrogens is 1. The van der Waals surface area contributed by atoms with Crippen LogP contribution in [0.3, 0.4) is 0 Å². The highest BCUT2D eigenvalue weighted by Gasteiger charge is 2.25. The molecule has 3 aromatic rings. The van der Waals surface area contributed by atoms with Gasteiger partial charge in [0.05, 0.1) is 12.6 Å². The molecule has 0 bridgehead atoms. The molecular weight excluding hydrogens is 390 g/mol. The minimum Gasteiger partial charge on any atom is -0.497 e. The minimum atomic E-state index is -0.446. The van der Waals surface area contributed by atoms with E-state index in [0.29, 0.717) is 5.90 Å². The standard InChI is InChI=1S/C25H23N3O3/c1-30-20-11-10-18-14-19(23(26-21(18)16-20)28-12-6-3-7-13-28)15-22-25(29)31-24(27-22)17-8-4-2-5-9-17/h2,4-5,8-11,14-16H,3,6-7,12-13H2,1H3/b22-15-. The first-order valence-electron chi connectivity index (χ1n) is 10.5. The molecule has 0 saturated carbocycles. The maximum absolute atomic E-state index is 12.5. The van der Waals surface area contributed by atoms with E-state index in [1.807, 2.05) is 48.5 Å². The zero-order chi connectivity index (χ0) is 21.2.